The van der Waals surface area contributed by atoms with Crippen molar-refractivity contribution in [2.24, 2.45) is 0 Å². The number of hydrogen-bond acceptors (Lipinski definition) is 6. The Bertz CT molecular complexity index is 888. The largest absolute Gasteiger partial charge is 0.350 e. The molecule has 0 atom stereocenters. The molecule has 1 amide bonds. The van der Waals surface area contributed by atoms with E-state index < -0.39 is 0 Å². The van der Waals surface area contributed by atoms with E-state index in [1.54, 1.807) is 28.1 Å². The highest BCUT2D eigenvalue weighted by Crippen LogP contribution is 2.28. The van der Waals surface area contributed by atoms with Crippen LogP contribution in [0, 0.1) is 13.8 Å². The average molecular weight is 366 g/mol. The highest BCUT2D eigenvalue weighted by Gasteiger charge is 2.10. The molecule has 0 spiro atoms. The van der Waals surface area contributed by atoms with Crippen molar-refractivity contribution in [3.63, 3.8) is 0 Å². The number of thiophene rings is 1. The molecule has 0 saturated carbocycles. The molecule has 3 heterocycles. The van der Waals surface area contributed by atoms with Crippen molar-refractivity contribution in [2.45, 2.75) is 26.9 Å². The van der Waals surface area contributed by atoms with E-state index in [1.165, 1.54) is 4.57 Å². The summed E-state index contributed by atoms with van der Waals surface area (Å²) < 4.78 is 1.48. The van der Waals surface area contributed by atoms with Gasteiger partial charge in [0, 0.05) is 21.3 Å². The summed E-state index contributed by atoms with van der Waals surface area (Å²) in [6, 6.07) is 4.02. The summed E-state index contributed by atoms with van der Waals surface area (Å²) in [6.45, 7) is 4.34. The molecular weight excluding hydrogens is 350 g/mol. The molecule has 23 heavy (non-hydrogen) atoms. The third-order valence-electron chi connectivity index (χ3n) is 3.27. The highest BCUT2D eigenvalue weighted by atomic mass is 32.1. The first-order valence-electron chi connectivity index (χ1n) is 6.96. The van der Waals surface area contributed by atoms with Crippen LogP contribution in [0.1, 0.15) is 15.6 Å². The fourth-order valence-corrected chi connectivity index (χ4v) is 4.40. The first-order valence-corrected chi connectivity index (χ1v) is 9.53. The third kappa shape index (κ3) is 3.77. The molecule has 0 saturated heterocycles. The molecule has 3 rings (SSSR count). The van der Waals surface area contributed by atoms with Gasteiger partial charge in [0.15, 0.2) is 0 Å². The first-order chi connectivity index (χ1) is 11.0. The van der Waals surface area contributed by atoms with Crippen molar-refractivity contribution in [3.8, 4) is 10.6 Å². The second-order valence-corrected chi connectivity index (χ2v) is 8.07. The second kappa shape index (κ2) is 6.77. The molecular formula is C15H15N3O2S3. The maximum absolute atomic E-state index is 12.0. The van der Waals surface area contributed by atoms with E-state index in [0.29, 0.717) is 6.54 Å². The fraction of sp³-hybridized carbons (Fsp3) is 0.267. The molecule has 0 aliphatic rings. The molecule has 3 aromatic rings. The van der Waals surface area contributed by atoms with E-state index in [0.717, 1.165) is 37.5 Å². The van der Waals surface area contributed by atoms with Crippen LogP contribution in [0.4, 0.5) is 0 Å². The summed E-state index contributed by atoms with van der Waals surface area (Å²) in [7, 11) is 0. The zero-order chi connectivity index (χ0) is 16.4. The van der Waals surface area contributed by atoms with E-state index in [1.807, 2.05) is 31.4 Å². The summed E-state index contributed by atoms with van der Waals surface area (Å²) >= 11 is 4.36. The van der Waals surface area contributed by atoms with E-state index in [9.17, 15) is 9.59 Å². The molecule has 0 unspecified atom stereocenters. The summed E-state index contributed by atoms with van der Waals surface area (Å²) in [5.74, 6) is -0.159. The number of carbonyl (C=O) groups excluding carboxylic acids is 1. The van der Waals surface area contributed by atoms with Crippen molar-refractivity contribution in [3.05, 3.63) is 48.1 Å². The summed E-state index contributed by atoms with van der Waals surface area (Å²) in [6.07, 6.45) is 0. The van der Waals surface area contributed by atoms with E-state index in [2.05, 4.69) is 10.3 Å². The predicted octanol–water partition coefficient (Wildman–Crippen LogP) is 3.03. The Balaban J connectivity index is 1.59. The molecule has 0 radical (unpaired) electrons. The summed E-state index contributed by atoms with van der Waals surface area (Å²) in [5.41, 5.74) is 1.79. The highest BCUT2D eigenvalue weighted by molar-refractivity contribution is 7.16. The van der Waals surface area contributed by atoms with Crippen LogP contribution in [0.3, 0.4) is 0 Å². The first kappa shape index (κ1) is 16.1. The normalized spacial score (nSPS) is 10.9. The van der Waals surface area contributed by atoms with Gasteiger partial charge in [0.05, 0.1) is 22.1 Å². The lowest BCUT2D eigenvalue weighted by Crippen LogP contribution is -2.30. The van der Waals surface area contributed by atoms with E-state index >= 15 is 0 Å². The van der Waals surface area contributed by atoms with Crippen LogP contribution in [-0.4, -0.2) is 15.5 Å². The number of hydrogen-bond donors (Lipinski definition) is 1. The summed E-state index contributed by atoms with van der Waals surface area (Å²) in [5, 5.41) is 7.70. The van der Waals surface area contributed by atoms with Gasteiger partial charge < -0.3 is 5.32 Å². The molecule has 0 fully saturated rings. The van der Waals surface area contributed by atoms with E-state index in [4.69, 9.17) is 0 Å². The molecule has 1 N–H and O–H groups in total. The number of aryl methyl sites for hydroxylation is 2. The molecule has 5 nitrogen and oxygen atoms in total. The lowest BCUT2D eigenvalue weighted by molar-refractivity contribution is -0.121. The van der Waals surface area contributed by atoms with Gasteiger partial charge in [0.2, 0.25) is 5.91 Å². The van der Waals surface area contributed by atoms with E-state index in [-0.39, 0.29) is 17.3 Å². The number of thiazole rings is 2. The second-order valence-electron chi connectivity index (χ2n) is 5.02. The van der Waals surface area contributed by atoms with Gasteiger partial charge in [0.25, 0.3) is 0 Å². The zero-order valence-corrected chi connectivity index (χ0v) is 15.1. The number of rotatable bonds is 5. The topological polar surface area (TPSA) is 64.0 Å². The van der Waals surface area contributed by atoms with Crippen molar-refractivity contribution in [2.75, 3.05) is 0 Å². The number of nitrogens with zero attached hydrogens (tertiary/aromatic N) is 2. The Hall–Kier alpha value is -1.77. The van der Waals surface area contributed by atoms with Crippen LogP contribution >= 0.6 is 34.0 Å². The van der Waals surface area contributed by atoms with Crippen LogP contribution in [0.25, 0.3) is 10.6 Å². The van der Waals surface area contributed by atoms with Crippen LogP contribution < -0.4 is 10.2 Å². The monoisotopic (exact) mass is 365 g/mol. The molecule has 3 aromatic heterocycles. The van der Waals surface area contributed by atoms with Gasteiger partial charge in [0.1, 0.15) is 6.54 Å². The average Bonchev–Trinajstić information content (AvgIpc) is 3.22. The lowest BCUT2D eigenvalue weighted by atomic mass is 10.3. The quantitative estimate of drug-likeness (QED) is 0.756. The predicted molar refractivity (Wildman–Crippen MR) is 95.3 cm³/mol. The standard InChI is InChI=1S/C15H15N3O2S3/c1-9-7-22-15(20)18(9)6-14(19)16-5-11-3-4-13(23-11)12-8-21-10(2)17-12/h3-4,7-8H,5-6H2,1-2H3,(H,16,19). The van der Waals surface area contributed by atoms with Crippen LogP contribution in [0.15, 0.2) is 27.7 Å². The van der Waals surface area contributed by atoms with Gasteiger partial charge in [-0.15, -0.1) is 22.7 Å². The van der Waals surface area contributed by atoms with Gasteiger partial charge in [-0.05, 0) is 26.0 Å². The fourth-order valence-electron chi connectivity index (χ4n) is 2.07. The molecule has 0 aromatic carbocycles. The summed E-state index contributed by atoms with van der Waals surface area (Å²) in [4.78, 5) is 30.1. The van der Waals surface area contributed by atoms with Gasteiger partial charge in [-0.2, -0.15) is 0 Å². The Morgan fingerprint density at radius 2 is 2.09 bits per heavy atom. The SMILES string of the molecule is Cc1nc(-c2ccc(CNC(=O)Cn3c(C)csc3=O)s2)cs1. The number of aromatic nitrogens is 2. The molecule has 0 aliphatic carbocycles. The zero-order valence-electron chi connectivity index (χ0n) is 12.7. The molecule has 0 aliphatic heterocycles. The van der Waals surface area contributed by atoms with Gasteiger partial charge in [-0.3, -0.25) is 14.2 Å². The Morgan fingerprint density at radius 3 is 2.74 bits per heavy atom. The third-order valence-corrected chi connectivity index (χ3v) is 6.03. The minimum atomic E-state index is -0.159. The molecule has 8 heteroatoms. The minimum Gasteiger partial charge on any atom is -0.350 e. The number of amides is 1. The maximum atomic E-state index is 12.0. The van der Waals surface area contributed by atoms with Crippen molar-refractivity contribution < 1.29 is 4.79 Å². The Morgan fingerprint density at radius 1 is 1.26 bits per heavy atom. The minimum absolute atomic E-state index is 0.0671. The van der Waals surface area contributed by atoms with Gasteiger partial charge >= 0.3 is 4.87 Å². The van der Waals surface area contributed by atoms with Crippen molar-refractivity contribution in [1.82, 2.24) is 14.9 Å². The van der Waals surface area contributed by atoms with Gasteiger partial charge in [-0.25, -0.2) is 4.98 Å². The smallest absolute Gasteiger partial charge is 0.307 e. The Labute approximate surface area is 145 Å². The van der Waals surface area contributed by atoms with Crippen LogP contribution in [-0.2, 0) is 17.9 Å². The van der Waals surface area contributed by atoms with Crippen molar-refractivity contribution in [1.29, 1.82) is 0 Å². The number of nitrogens with one attached hydrogen (secondary N) is 1. The van der Waals surface area contributed by atoms with Crippen LogP contribution in [0.2, 0.25) is 0 Å². The molecule has 0 bridgehead atoms. The van der Waals surface area contributed by atoms with Crippen molar-refractivity contribution >= 4 is 39.9 Å². The Kier molecular flexibility index (Phi) is 4.74. The maximum Gasteiger partial charge on any atom is 0.307 e. The van der Waals surface area contributed by atoms with Crippen LogP contribution in [0.5, 0.6) is 0 Å². The lowest BCUT2D eigenvalue weighted by Gasteiger charge is -2.05. The molecule has 120 valence electrons. The number of carbonyl (C=O) groups is 1. The van der Waals surface area contributed by atoms with Gasteiger partial charge in [-0.1, -0.05) is 11.3 Å².